The maximum absolute atomic E-state index is 12.7. The van der Waals surface area contributed by atoms with E-state index in [1.54, 1.807) is 30.5 Å². The number of hydrogen-bond acceptors (Lipinski definition) is 4. The van der Waals surface area contributed by atoms with Crippen molar-refractivity contribution in [3.05, 3.63) is 59.0 Å². The van der Waals surface area contributed by atoms with Crippen LogP contribution in [0.2, 0.25) is 5.02 Å². The van der Waals surface area contributed by atoms with Gasteiger partial charge in [-0.25, -0.2) is 12.7 Å². The molecule has 0 unspecified atom stereocenters. The molecule has 0 saturated carbocycles. The molecule has 1 aromatic heterocycles. The first-order chi connectivity index (χ1) is 13.5. The molecule has 8 heteroatoms. The standard InChI is InChI=1S/C20H25ClN2O4S/c21-19-8-2-1-5-17(19)15-28(25,26)23-12-9-16(10-13-23)20(24)22-11-3-6-18-7-4-14-27-18/h1-2,4-5,7-8,14,16H,3,6,9-13,15H2,(H,22,24). The van der Waals surface area contributed by atoms with Crippen LogP contribution >= 0.6 is 11.6 Å². The van der Waals surface area contributed by atoms with Crippen molar-refractivity contribution in [2.24, 2.45) is 5.92 Å². The molecular weight excluding hydrogens is 400 g/mol. The average molecular weight is 425 g/mol. The van der Waals surface area contributed by atoms with E-state index in [9.17, 15) is 13.2 Å². The Morgan fingerprint density at radius 3 is 2.61 bits per heavy atom. The fraction of sp³-hybridized carbons (Fsp3) is 0.450. The first-order valence-corrected chi connectivity index (χ1v) is 11.5. The molecule has 0 bridgehead atoms. The predicted octanol–water partition coefficient (Wildman–Crippen LogP) is 3.22. The summed E-state index contributed by atoms with van der Waals surface area (Å²) in [6, 6.07) is 10.7. The average Bonchev–Trinajstić information content (AvgIpc) is 3.20. The Morgan fingerprint density at radius 2 is 1.93 bits per heavy atom. The third-order valence-electron chi connectivity index (χ3n) is 4.99. The molecule has 0 atom stereocenters. The lowest BCUT2D eigenvalue weighted by Gasteiger charge is -2.30. The van der Waals surface area contributed by atoms with E-state index in [0.717, 1.165) is 18.6 Å². The van der Waals surface area contributed by atoms with E-state index in [1.165, 1.54) is 4.31 Å². The van der Waals surface area contributed by atoms with E-state index in [-0.39, 0.29) is 17.6 Å². The van der Waals surface area contributed by atoms with Gasteiger partial charge in [-0.2, -0.15) is 0 Å². The van der Waals surface area contributed by atoms with Crippen molar-refractivity contribution in [3.63, 3.8) is 0 Å². The quantitative estimate of drug-likeness (QED) is 0.660. The number of furan rings is 1. The largest absolute Gasteiger partial charge is 0.469 e. The van der Waals surface area contributed by atoms with Crippen LogP contribution in [-0.4, -0.2) is 38.3 Å². The molecule has 1 saturated heterocycles. The normalized spacial score (nSPS) is 16.2. The number of piperidine rings is 1. The van der Waals surface area contributed by atoms with Crippen LogP contribution in [-0.2, 0) is 27.0 Å². The molecule has 1 aromatic carbocycles. The van der Waals surface area contributed by atoms with E-state index in [2.05, 4.69) is 5.32 Å². The topological polar surface area (TPSA) is 79.6 Å². The molecule has 2 heterocycles. The molecule has 1 N–H and O–H groups in total. The van der Waals surface area contributed by atoms with Crippen molar-refractivity contribution >= 4 is 27.5 Å². The zero-order valence-corrected chi connectivity index (χ0v) is 17.2. The number of carbonyl (C=O) groups is 1. The summed E-state index contributed by atoms with van der Waals surface area (Å²) in [7, 11) is -3.45. The molecule has 0 spiro atoms. The minimum Gasteiger partial charge on any atom is -0.469 e. The molecule has 0 aliphatic carbocycles. The Hall–Kier alpha value is -1.83. The lowest BCUT2D eigenvalue weighted by Crippen LogP contribution is -2.43. The van der Waals surface area contributed by atoms with Gasteiger partial charge in [0.05, 0.1) is 12.0 Å². The molecule has 1 aliphatic rings. The SMILES string of the molecule is O=C(NCCCc1ccco1)C1CCN(S(=O)(=O)Cc2ccccc2Cl)CC1. The van der Waals surface area contributed by atoms with Gasteiger partial charge in [-0.15, -0.1) is 0 Å². The molecule has 1 amide bonds. The van der Waals surface area contributed by atoms with E-state index < -0.39 is 10.0 Å². The Morgan fingerprint density at radius 1 is 1.18 bits per heavy atom. The Bertz CT molecular complexity index is 875. The van der Waals surface area contributed by atoms with Crippen molar-refractivity contribution in [1.29, 1.82) is 0 Å². The zero-order chi connectivity index (χ0) is 20.0. The number of sulfonamides is 1. The number of carbonyl (C=O) groups excluding carboxylic acids is 1. The number of benzene rings is 1. The van der Waals surface area contributed by atoms with Gasteiger partial charge in [-0.1, -0.05) is 29.8 Å². The summed E-state index contributed by atoms with van der Waals surface area (Å²) in [5.74, 6) is 0.653. The van der Waals surface area contributed by atoms with Crippen molar-refractivity contribution < 1.29 is 17.6 Å². The van der Waals surface area contributed by atoms with Crippen LogP contribution in [0, 0.1) is 5.92 Å². The van der Waals surface area contributed by atoms with Gasteiger partial charge in [0.25, 0.3) is 0 Å². The van der Waals surface area contributed by atoms with Crippen molar-refractivity contribution in [2.75, 3.05) is 19.6 Å². The summed E-state index contributed by atoms with van der Waals surface area (Å²) in [5.41, 5.74) is 0.598. The Labute approximate surface area is 170 Å². The molecule has 0 radical (unpaired) electrons. The lowest BCUT2D eigenvalue weighted by molar-refractivity contribution is -0.126. The maximum Gasteiger partial charge on any atom is 0.223 e. The monoisotopic (exact) mass is 424 g/mol. The molecule has 6 nitrogen and oxygen atoms in total. The Balaban J connectivity index is 1.43. The summed E-state index contributed by atoms with van der Waals surface area (Å²) < 4.78 is 32.1. The highest BCUT2D eigenvalue weighted by molar-refractivity contribution is 7.88. The highest BCUT2D eigenvalue weighted by atomic mass is 35.5. The molecule has 3 rings (SSSR count). The second-order valence-corrected chi connectivity index (χ2v) is 9.37. The van der Waals surface area contributed by atoms with Crippen LogP contribution < -0.4 is 5.32 Å². The number of halogens is 1. The van der Waals surface area contributed by atoms with Crippen LogP contribution in [0.15, 0.2) is 47.1 Å². The minimum absolute atomic E-state index is 0.00240. The summed E-state index contributed by atoms with van der Waals surface area (Å²) in [6.45, 7) is 1.30. The van der Waals surface area contributed by atoms with Crippen LogP contribution in [0.25, 0.3) is 0 Å². The summed E-state index contributed by atoms with van der Waals surface area (Å²) in [6.07, 6.45) is 4.30. The summed E-state index contributed by atoms with van der Waals surface area (Å²) in [4.78, 5) is 12.3. The van der Waals surface area contributed by atoms with E-state index in [4.69, 9.17) is 16.0 Å². The summed E-state index contributed by atoms with van der Waals surface area (Å²) >= 11 is 6.09. The lowest BCUT2D eigenvalue weighted by atomic mass is 9.97. The minimum atomic E-state index is -3.45. The predicted molar refractivity (Wildman–Crippen MR) is 108 cm³/mol. The van der Waals surface area contributed by atoms with Crippen molar-refractivity contribution in [2.45, 2.75) is 31.4 Å². The van der Waals surface area contributed by atoms with Gasteiger partial charge < -0.3 is 9.73 Å². The fourth-order valence-corrected chi connectivity index (χ4v) is 5.25. The first kappa shape index (κ1) is 20.9. The van der Waals surface area contributed by atoms with Gasteiger partial charge in [0.2, 0.25) is 15.9 Å². The summed E-state index contributed by atoms with van der Waals surface area (Å²) in [5, 5.41) is 3.40. The molecule has 1 aliphatic heterocycles. The van der Waals surface area contributed by atoms with Gasteiger partial charge >= 0.3 is 0 Å². The fourth-order valence-electron chi connectivity index (χ4n) is 3.37. The van der Waals surface area contributed by atoms with Gasteiger partial charge in [0.1, 0.15) is 5.76 Å². The molecule has 2 aromatic rings. The second-order valence-electron chi connectivity index (χ2n) is 6.99. The highest BCUT2D eigenvalue weighted by Gasteiger charge is 2.31. The Kier molecular flexibility index (Phi) is 7.15. The van der Waals surface area contributed by atoms with Crippen LogP contribution in [0.1, 0.15) is 30.6 Å². The first-order valence-electron chi connectivity index (χ1n) is 9.47. The highest BCUT2D eigenvalue weighted by Crippen LogP contribution is 2.24. The maximum atomic E-state index is 12.7. The van der Waals surface area contributed by atoms with Crippen LogP contribution in [0.4, 0.5) is 0 Å². The third kappa shape index (κ3) is 5.59. The third-order valence-corrected chi connectivity index (χ3v) is 7.19. The number of amides is 1. The molecule has 28 heavy (non-hydrogen) atoms. The zero-order valence-electron chi connectivity index (χ0n) is 15.6. The molecule has 152 valence electrons. The number of hydrogen-bond donors (Lipinski definition) is 1. The second kappa shape index (κ2) is 9.58. The number of rotatable bonds is 8. The van der Waals surface area contributed by atoms with Gasteiger partial charge in [-0.05, 0) is 43.0 Å². The molecule has 1 fully saturated rings. The number of aryl methyl sites for hydroxylation is 1. The van der Waals surface area contributed by atoms with Crippen molar-refractivity contribution in [3.8, 4) is 0 Å². The number of nitrogens with one attached hydrogen (secondary N) is 1. The van der Waals surface area contributed by atoms with Gasteiger partial charge in [-0.3, -0.25) is 4.79 Å². The van der Waals surface area contributed by atoms with Crippen molar-refractivity contribution in [1.82, 2.24) is 9.62 Å². The van der Waals surface area contributed by atoms with Gasteiger partial charge in [0, 0.05) is 37.0 Å². The van der Waals surface area contributed by atoms with Gasteiger partial charge in [0.15, 0.2) is 0 Å². The van der Waals surface area contributed by atoms with E-state index in [1.807, 2.05) is 12.1 Å². The molecular formula is C20H25ClN2O4S. The van der Waals surface area contributed by atoms with Crippen LogP contribution in [0.5, 0.6) is 0 Å². The number of nitrogens with zero attached hydrogens (tertiary/aromatic N) is 1. The van der Waals surface area contributed by atoms with Crippen LogP contribution in [0.3, 0.4) is 0 Å². The van der Waals surface area contributed by atoms with E-state index >= 15 is 0 Å². The smallest absolute Gasteiger partial charge is 0.223 e. The van der Waals surface area contributed by atoms with E-state index in [0.29, 0.717) is 43.1 Å².